The van der Waals surface area contributed by atoms with E-state index in [1.54, 1.807) is 0 Å². The van der Waals surface area contributed by atoms with Crippen molar-refractivity contribution >= 4 is 17.0 Å². The highest BCUT2D eigenvalue weighted by molar-refractivity contribution is 5.78. The highest BCUT2D eigenvalue weighted by Crippen LogP contribution is 2.19. The van der Waals surface area contributed by atoms with E-state index in [2.05, 4.69) is 28.0 Å². The van der Waals surface area contributed by atoms with Gasteiger partial charge in [-0.3, -0.25) is 0 Å². The number of anilines is 1. The SMILES string of the molecule is Cn1c(NCC2CCCOC2)nc2ccccc21. The first-order valence-corrected chi connectivity index (χ1v) is 6.57. The largest absolute Gasteiger partial charge is 0.381 e. The minimum absolute atomic E-state index is 0.610. The van der Waals surface area contributed by atoms with Gasteiger partial charge in [0.2, 0.25) is 5.95 Å². The molecule has 4 heteroatoms. The van der Waals surface area contributed by atoms with Crippen molar-refractivity contribution in [3.63, 3.8) is 0 Å². The van der Waals surface area contributed by atoms with E-state index in [4.69, 9.17) is 4.74 Å². The molecule has 2 heterocycles. The summed E-state index contributed by atoms with van der Waals surface area (Å²) >= 11 is 0. The number of nitrogens with zero attached hydrogens (tertiary/aromatic N) is 2. The fraction of sp³-hybridized carbons (Fsp3) is 0.500. The lowest BCUT2D eigenvalue weighted by molar-refractivity contribution is 0.0594. The van der Waals surface area contributed by atoms with Gasteiger partial charge >= 0.3 is 0 Å². The molecule has 0 spiro atoms. The number of fused-ring (bicyclic) bond motifs is 1. The van der Waals surface area contributed by atoms with Gasteiger partial charge in [0.1, 0.15) is 0 Å². The summed E-state index contributed by atoms with van der Waals surface area (Å²) in [7, 11) is 2.05. The van der Waals surface area contributed by atoms with Crippen molar-refractivity contribution in [1.82, 2.24) is 9.55 Å². The summed E-state index contributed by atoms with van der Waals surface area (Å²) in [6, 6.07) is 8.21. The molecular weight excluding hydrogens is 226 g/mol. The minimum Gasteiger partial charge on any atom is -0.381 e. The van der Waals surface area contributed by atoms with E-state index in [9.17, 15) is 0 Å². The first-order chi connectivity index (χ1) is 8.84. The molecule has 1 aromatic carbocycles. The molecule has 0 radical (unpaired) electrons. The Hall–Kier alpha value is -1.55. The lowest BCUT2D eigenvalue weighted by Gasteiger charge is -2.22. The van der Waals surface area contributed by atoms with Gasteiger partial charge in [-0.1, -0.05) is 12.1 Å². The first kappa shape index (κ1) is 11.5. The third-order valence-electron chi connectivity index (χ3n) is 3.59. The Balaban J connectivity index is 1.72. The number of hydrogen-bond donors (Lipinski definition) is 1. The molecule has 1 unspecified atom stereocenters. The highest BCUT2D eigenvalue weighted by atomic mass is 16.5. The van der Waals surface area contributed by atoms with E-state index < -0.39 is 0 Å². The molecule has 0 bridgehead atoms. The Kier molecular flexibility index (Phi) is 3.19. The summed E-state index contributed by atoms with van der Waals surface area (Å²) in [6.07, 6.45) is 2.42. The summed E-state index contributed by atoms with van der Waals surface area (Å²) in [6.45, 7) is 2.73. The van der Waals surface area contributed by atoms with Gasteiger partial charge in [-0.25, -0.2) is 4.98 Å². The van der Waals surface area contributed by atoms with Gasteiger partial charge in [-0.2, -0.15) is 0 Å². The molecule has 1 atom stereocenters. The predicted molar refractivity (Wildman–Crippen MR) is 72.7 cm³/mol. The number of nitrogens with one attached hydrogen (secondary N) is 1. The Morgan fingerprint density at radius 2 is 2.33 bits per heavy atom. The van der Waals surface area contributed by atoms with E-state index in [0.717, 1.165) is 31.2 Å². The molecule has 0 amide bonds. The lowest BCUT2D eigenvalue weighted by Crippen LogP contribution is -2.25. The van der Waals surface area contributed by atoms with Crippen LogP contribution in [-0.2, 0) is 11.8 Å². The van der Waals surface area contributed by atoms with Gasteiger partial charge in [0.25, 0.3) is 0 Å². The fourth-order valence-electron chi connectivity index (χ4n) is 2.51. The van der Waals surface area contributed by atoms with Crippen LogP contribution in [0, 0.1) is 5.92 Å². The van der Waals surface area contributed by atoms with E-state index in [1.807, 2.05) is 18.2 Å². The smallest absolute Gasteiger partial charge is 0.203 e. The highest BCUT2D eigenvalue weighted by Gasteiger charge is 2.14. The molecule has 1 aromatic heterocycles. The van der Waals surface area contributed by atoms with Gasteiger partial charge in [0, 0.05) is 20.2 Å². The van der Waals surface area contributed by atoms with Gasteiger partial charge in [-0.05, 0) is 30.9 Å². The molecule has 1 N–H and O–H groups in total. The Morgan fingerprint density at radius 3 is 3.11 bits per heavy atom. The van der Waals surface area contributed by atoms with Crippen LogP contribution >= 0.6 is 0 Å². The third-order valence-corrected chi connectivity index (χ3v) is 3.59. The van der Waals surface area contributed by atoms with Gasteiger partial charge in [-0.15, -0.1) is 0 Å². The van der Waals surface area contributed by atoms with Crippen LogP contribution in [0.25, 0.3) is 11.0 Å². The summed E-state index contributed by atoms with van der Waals surface area (Å²) in [5, 5.41) is 3.44. The van der Waals surface area contributed by atoms with E-state index in [0.29, 0.717) is 5.92 Å². The van der Waals surface area contributed by atoms with Crippen LogP contribution in [0.4, 0.5) is 5.95 Å². The normalized spacial score (nSPS) is 20.2. The second-order valence-electron chi connectivity index (χ2n) is 4.95. The minimum atomic E-state index is 0.610. The number of aryl methyl sites for hydroxylation is 1. The standard InChI is InChI=1S/C14H19N3O/c1-17-13-7-3-2-6-12(13)16-14(17)15-9-11-5-4-8-18-10-11/h2-3,6-7,11H,4-5,8-10H2,1H3,(H,15,16). The molecule has 0 saturated carbocycles. The summed E-state index contributed by atoms with van der Waals surface area (Å²) < 4.78 is 7.60. The maximum absolute atomic E-state index is 5.49. The molecule has 1 aliphatic heterocycles. The number of para-hydroxylation sites is 2. The van der Waals surface area contributed by atoms with Crippen LogP contribution in [0.3, 0.4) is 0 Å². The Labute approximate surface area is 107 Å². The average Bonchev–Trinajstić information content (AvgIpc) is 2.75. The maximum atomic E-state index is 5.49. The van der Waals surface area contributed by atoms with Crippen molar-refractivity contribution < 1.29 is 4.74 Å². The van der Waals surface area contributed by atoms with Gasteiger partial charge in [0.15, 0.2) is 0 Å². The van der Waals surface area contributed by atoms with Gasteiger partial charge < -0.3 is 14.6 Å². The predicted octanol–water partition coefficient (Wildman–Crippen LogP) is 2.41. The number of hydrogen-bond acceptors (Lipinski definition) is 3. The van der Waals surface area contributed by atoms with Crippen LogP contribution in [0.15, 0.2) is 24.3 Å². The number of rotatable bonds is 3. The number of aromatic nitrogens is 2. The van der Waals surface area contributed by atoms with Crippen molar-refractivity contribution in [2.45, 2.75) is 12.8 Å². The quantitative estimate of drug-likeness (QED) is 0.902. The zero-order valence-electron chi connectivity index (χ0n) is 10.7. The third kappa shape index (κ3) is 2.20. The summed E-state index contributed by atoms with van der Waals surface area (Å²) in [4.78, 5) is 4.61. The van der Waals surface area contributed by atoms with Crippen LogP contribution in [0.1, 0.15) is 12.8 Å². The summed E-state index contributed by atoms with van der Waals surface area (Å²) in [5.74, 6) is 1.56. The van der Waals surface area contributed by atoms with Crippen molar-refractivity contribution in [2.24, 2.45) is 13.0 Å². The van der Waals surface area contributed by atoms with E-state index in [-0.39, 0.29) is 0 Å². The summed E-state index contributed by atoms with van der Waals surface area (Å²) in [5.41, 5.74) is 2.21. The number of benzene rings is 1. The molecule has 18 heavy (non-hydrogen) atoms. The molecule has 1 fully saturated rings. The van der Waals surface area contributed by atoms with Crippen LogP contribution in [0.5, 0.6) is 0 Å². The topological polar surface area (TPSA) is 39.1 Å². The van der Waals surface area contributed by atoms with Crippen molar-refractivity contribution in [2.75, 3.05) is 25.1 Å². The second kappa shape index (κ2) is 4.98. The lowest BCUT2D eigenvalue weighted by atomic mass is 10.0. The molecule has 1 saturated heterocycles. The van der Waals surface area contributed by atoms with Crippen LogP contribution in [0.2, 0.25) is 0 Å². The second-order valence-corrected chi connectivity index (χ2v) is 4.95. The molecule has 96 valence electrons. The molecule has 1 aliphatic rings. The van der Waals surface area contributed by atoms with E-state index >= 15 is 0 Å². The molecular formula is C14H19N3O. The van der Waals surface area contributed by atoms with Crippen molar-refractivity contribution in [3.05, 3.63) is 24.3 Å². The van der Waals surface area contributed by atoms with Crippen LogP contribution in [-0.4, -0.2) is 29.3 Å². The van der Waals surface area contributed by atoms with E-state index in [1.165, 1.54) is 18.4 Å². The Morgan fingerprint density at radius 1 is 1.44 bits per heavy atom. The molecule has 4 nitrogen and oxygen atoms in total. The Bertz CT molecular complexity index is 529. The van der Waals surface area contributed by atoms with Crippen molar-refractivity contribution in [3.8, 4) is 0 Å². The molecule has 2 aromatic rings. The monoisotopic (exact) mass is 245 g/mol. The number of imidazole rings is 1. The zero-order valence-corrected chi connectivity index (χ0v) is 10.7. The van der Waals surface area contributed by atoms with Gasteiger partial charge in [0.05, 0.1) is 17.6 Å². The zero-order chi connectivity index (χ0) is 12.4. The first-order valence-electron chi connectivity index (χ1n) is 6.57. The van der Waals surface area contributed by atoms with Crippen molar-refractivity contribution in [1.29, 1.82) is 0 Å². The number of ether oxygens (including phenoxy) is 1. The fourth-order valence-corrected chi connectivity index (χ4v) is 2.51. The average molecular weight is 245 g/mol. The van der Waals surface area contributed by atoms with Crippen LogP contribution < -0.4 is 5.32 Å². The molecule has 3 rings (SSSR count). The molecule has 0 aliphatic carbocycles. The maximum Gasteiger partial charge on any atom is 0.203 e.